The van der Waals surface area contributed by atoms with Gasteiger partial charge in [-0.2, -0.15) is 0 Å². The van der Waals surface area contributed by atoms with Crippen molar-refractivity contribution >= 4 is 28.6 Å². The molecule has 0 saturated heterocycles. The molecular formula is C13H11ClO5. The molecule has 0 unspecified atom stereocenters. The molecule has 2 N–H and O–H groups in total. The Bertz CT molecular complexity index is 527. The van der Waals surface area contributed by atoms with Gasteiger partial charge in [0.2, 0.25) is 0 Å². The van der Waals surface area contributed by atoms with E-state index >= 15 is 0 Å². The molecule has 6 heteroatoms. The zero-order chi connectivity index (χ0) is 14.4. The molecule has 0 radical (unpaired) electrons. The van der Waals surface area contributed by atoms with E-state index in [4.69, 9.17) is 26.6 Å². The molecular weight excluding hydrogens is 272 g/mol. The highest BCUT2D eigenvalue weighted by molar-refractivity contribution is 6.49. The van der Waals surface area contributed by atoms with Crippen molar-refractivity contribution in [3.05, 3.63) is 47.6 Å². The van der Waals surface area contributed by atoms with Crippen molar-refractivity contribution in [1.29, 1.82) is 0 Å². The first kappa shape index (κ1) is 14.8. The molecule has 19 heavy (non-hydrogen) atoms. The van der Waals surface area contributed by atoms with Gasteiger partial charge in [-0.15, -0.1) is 0 Å². The van der Waals surface area contributed by atoms with E-state index in [0.29, 0.717) is 11.3 Å². The number of allylic oxidation sites excluding steroid dienone is 2. The second-order valence-corrected chi connectivity index (χ2v) is 3.84. The van der Waals surface area contributed by atoms with Crippen LogP contribution < -0.4 is 4.74 Å². The Balaban J connectivity index is 3.00. The van der Waals surface area contributed by atoms with Crippen LogP contribution in [0.15, 0.2) is 42.0 Å². The lowest BCUT2D eigenvalue weighted by atomic mass is 10.1. The fourth-order valence-electron chi connectivity index (χ4n) is 1.24. The number of rotatable bonds is 5. The zero-order valence-corrected chi connectivity index (χ0v) is 10.7. The number of halogens is 1. The van der Waals surface area contributed by atoms with Gasteiger partial charge in [-0.25, -0.2) is 9.59 Å². The number of carboxylic acids is 2. The SMILES string of the molecule is COc1ccc(/C(Cl)=C/C=C(C(=O)O)C(=O)O)cc1. The predicted octanol–water partition coefficient (Wildman–Crippen LogP) is 2.37. The first-order chi connectivity index (χ1) is 8.95. The second-order valence-electron chi connectivity index (χ2n) is 3.43. The highest BCUT2D eigenvalue weighted by Crippen LogP contribution is 2.22. The maximum absolute atomic E-state index is 10.6. The summed E-state index contributed by atoms with van der Waals surface area (Å²) in [7, 11) is 1.53. The molecule has 0 heterocycles. The molecule has 0 aromatic heterocycles. The van der Waals surface area contributed by atoms with Crippen LogP contribution in [0.25, 0.3) is 5.03 Å². The van der Waals surface area contributed by atoms with Crippen molar-refractivity contribution < 1.29 is 24.5 Å². The lowest BCUT2D eigenvalue weighted by Gasteiger charge is -2.01. The minimum absolute atomic E-state index is 0.225. The summed E-state index contributed by atoms with van der Waals surface area (Å²) in [5.74, 6) is -2.40. The van der Waals surface area contributed by atoms with E-state index < -0.39 is 17.5 Å². The molecule has 0 aliphatic heterocycles. The van der Waals surface area contributed by atoms with Crippen LogP contribution in [0.2, 0.25) is 0 Å². The number of benzene rings is 1. The fourth-order valence-corrected chi connectivity index (χ4v) is 1.43. The van der Waals surface area contributed by atoms with Crippen molar-refractivity contribution in [3.8, 4) is 5.75 Å². The summed E-state index contributed by atoms with van der Waals surface area (Å²) >= 11 is 5.95. The summed E-state index contributed by atoms with van der Waals surface area (Å²) in [5.41, 5.74) is -0.138. The fraction of sp³-hybridized carbons (Fsp3) is 0.0769. The zero-order valence-electron chi connectivity index (χ0n) is 9.96. The van der Waals surface area contributed by atoms with Gasteiger partial charge in [0.05, 0.1) is 7.11 Å². The molecule has 100 valence electrons. The van der Waals surface area contributed by atoms with Crippen LogP contribution in [0.1, 0.15) is 5.56 Å². The lowest BCUT2D eigenvalue weighted by Crippen LogP contribution is -2.10. The van der Waals surface area contributed by atoms with Gasteiger partial charge in [0.25, 0.3) is 0 Å². The highest BCUT2D eigenvalue weighted by Gasteiger charge is 2.14. The molecule has 0 amide bonds. The number of aliphatic carboxylic acids is 2. The van der Waals surface area contributed by atoms with Gasteiger partial charge in [-0.1, -0.05) is 11.6 Å². The Labute approximate surface area is 114 Å². The summed E-state index contributed by atoms with van der Waals surface area (Å²) in [6, 6.07) is 6.72. The minimum atomic E-state index is -1.53. The van der Waals surface area contributed by atoms with Crippen LogP contribution in [0, 0.1) is 0 Å². The van der Waals surface area contributed by atoms with Gasteiger partial charge in [-0.05, 0) is 42.0 Å². The van der Waals surface area contributed by atoms with Gasteiger partial charge in [0.15, 0.2) is 0 Å². The Hall–Kier alpha value is -2.27. The van der Waals surface area contributed by atoms with E-state index in [1.807, 2.05) is 0 Å². The molecule has 0 spiro atoms. The molecule has 0 aliphatic rings. The maximum atomic E-state index is 10.6. The third-order valence-electron chi connectivity index (χ3n) is 2.22. The third kappa shape index (κ3) is 4.15. The predicted molar refractivity (Wildman–Crippen MR) is 70.2 cm³/mol. The largest absolute Gasteiger partial charge is 0.497 e. The molecule has 1 aromatic rings. The Morgan fingerprint density at radius 2 is 1.63 bits per heavy atom. The topological polar surface area (TPSA) is 83.8 Å². The van der Waals surface area contributed by atoms with Gasteiger partial charge in [0.1, 0.15) is 11.3 Å². The summed E-state index contributed by atoms with van der Waals surface area (Å²) in [4.78, 5) is 21.3. The summed E-state index contributed by atoms with van der Waals surface area (Å²) in [6.07, 6.45) is 2.16. The first-order valence-corrected chi connectivity index (χ1v) is 5.52. The average Bonchev–Trinajstić information content (AvgIpc) is 2.38. The first-order valence-electron chi connectivity index (χ1n) is 5.14. The van der Waals surface area contributed by atoms with E-state index in [0.717, 1.165) is 6.08 Å². The van der Waals surface area contributed by atoms with Crippen molar-refractivity contribution in [3.63, 3.8) is 0 Å². The third-order valence-corrected chi connectivity index (χ3v) is 2.57. The van der Waals surface area contributed by atoms with E-state index in [1.54, 1.807) is 24.3 Å². The summed E-state index contributed by atoms with van der Waals surface area (Å²) < 4.78 is 4.98. The van der Waals surface area contributed by atoms with Gasteiger partial charge in [-0.3, -0.25) is 0 Å². The number of carboxylic acid groups (broad SMARTS) is 2. The van der Waals surface area contributed by atoms with Crippen molar-refractivity contribution in [2.75, 3.05) is 7.11 Å². The van der Waals surface area contributed by atoms with Crippen molar-refractivity contribution in [1.82, 2.24) is 0 Å². The summed E-state index contributed by atoms with van der Waals surface area (Å²) in [5, 5.41) is 17.5. The van der Waals surface area contributed by atoms with E-state index in [9.17, 15) is 9.59 Å². The molecule has 0 fully saturated rings. The van der Waals surface area contributed by atoms with Crippen LogP contribution in [0.5, 0.6) is 5.75 Å². The van der Waals surface area contributed by atoms with E-state index in [-0.39, 0.29) is 5.03 Å². The van der Waals surface area contributed by atoms with Gasteiger partial charge < -0.3 is 14.9 Å². The summed E-state index contributed by atoms with van der Waals surface area (Å²) in [6.45, 7) is 0. The average molecular weight is 283 g/mol. The number of hydrogen-bond donors (Lipinski definition) is 2. The number of carbonyl (C=O) groups is 2. The van der Waals surface area contributed by atoms with Crippen LogP contribution in [0.4, 0.5) is 0 Å². The minimum Gasteiger partial charge on any atom is -0.497 e. The monoisotopic (exact) mass is 282 g/mol. The molecule has 1 rings (SSSR count). The van der Waals surface area contributed by atoms with Crippen LogP contribution in [-0.2, 0) is 9.59 Å². The maximum Gasteiger partial charge on any atom is 0.343 e. The van der Waals surface area contributed by atoms with Gasteiger partial charge >= 0.3 is 11.9 Å². The smallest absolute Gasteiger partial charge is 0.343 e. The van der Waals surface area contributed by atoms with E-state index in [2.05, 4.69) is 0 Å². The molecule has 0 bridgehead atoms. The molecule has 0 aliphatic carbocycles. The Kier molecular flexibility index (Phi) is 5.14. The van der Waals surface area contributed by atoms with Crippen molar-refractivity contribution in [2.24, 2.45) is 0 Å². The molecule has 1 aromatic carbocycles. The quantitative estimate of drug-likeness (QED) is 0.375. The Morgan fingerprint density at radius 3 is 2.05 bits per heavy atom. The normalized spacial score (nSPS) is 10.7. The molecule has 5 nitrogen and oxygen atoms in total. The Morgan fingerprint density at radius 1 is 1.11 bits per heavy atom. The number of ether oxygens (including phenoxy) is 1. The highest BCUT2D eigenvalue weighted by atomic mass is 35.5. The van der Waals surface area contributed by atoms with Crippen LogP contribution in [-0.4, -0.2) is 29.3 Å². The number of hydrogen-bond acceptors (Lipinski definition) is 3. The molecule has 0 saturated carbocycles. The van der Waals surface area contributed by atoms with Crippen LogP contribution in [0.3, 0.4) is 0 Å². The lowest BCUT2D eigenvalue weighted by molar-refractivity contribution is -0.140. The van der Waals surface area contributed by atoms with Crippen LogP contribution >= 0.6 is 11.6 Å². The standard InChI is InChI=1S/C13H11ClO5/c1-19-9-4-2-8(3-5-9)11(14)7-6-10(12(15)16)13(17)18/h2-7H,1H3,(H,15,16)(H,17,18)/b11-7-. The van der Waals surface area contributed by atoms with E-state index in [1.165, 1.54) is 13.2 Å². The van der Waals surface area contributed by atoms with Gasteiger partial charge in [0, 0.05) is 5.03 Å². The number of methoxy groups -OCH3 is 1. The molecule has 0 atom stereocenters. The van der Waals surface area contributed by atoms with Crippen molar-refractivity contribution in [2.45, 2.75) is 0 Å². The second kappa shape index (κ2) is 6.61.